The fourth-order valence-electron chi connectivity index (χ4n) is 3.65. The van der Waals surface area contributed by atoms with Gasteiger partial charge in [-0.3, -0.25) is 15.4 Å². The number of hydrogen-bond acceptors (Lipinski definition) is 5. The molecule has 0 amide bonds. The SMILES string of the molecule is CC1(C)COC(C)(C)N1.CC1(C)N/C(=C/C(=O)c2ccccc2)C(C)(C)N1. The van der Waals surface area contributed by atoms with Crippen LogP contribution in [0.3, 0.4) is 0 Å². The molecule has 3 rings (SSSR count). The molecule has 3 N–H and O–H groups in total. The van der Waals surface area contributed by atoms with Gasteiger partial charge in [0.25, 0.3) is 0 Å². The summed E-state index contributed by atoms with van der Waals surface area (Å²) in [7, 11) is 0. The lowest BCUT2D eigenvalue weighted by Crippen LogP contribution is -2.46. The molecule has 5 nitrogen and oxygen atoms in total. The summed E-state index contributed by atoms with van der Waals surface area (Å²) in [5.41, 5.74) is 1.28. The van der Waals surface area contributed by atoms with Crippen LogP contribution in [-0.2, 0) is 4.74 Å². The molecule has 1 aromatic rings. The van der Waals surface area contributed by atoms with Crippen LogP contribution in [0, 0.1) is 0 Å². The normalized spacial score (nSPS) is 25.4. The largest absolute Gasteiger partial charge is 0.369 e. The van der Waals surface area contributed by atoms with E-state index in [9.17, 15) is 4.79 Å². The van der Waals surface area contributed by atoms with Crippen LogP contribution >= 0.6 is 0 Å². The first-order valence-corrected chi connectivity index (χ1v) is 9.54. The predicted molar refractivity (Wildman–Crippen MR) is 111 cm³/mol. The van der Waals surface area contributed by atoms with Gasteiger partial charge in [0.05, 0.1) is 17.8 Å². The summed E-state index contributed by atoms with van der Waals surface area (Å²) < 4.78 is 5.44. The molecule has 0 bridgehead atoms. The highest BCUT2D eigenvalue weighted by Gasteiger charge is 2.39. The minimum Gasteiger partial charge on any atom is -0.369 e. The highest BCUT2D eigenvalue weighted by molar-refractivity contribution is 6.05. The molecule has 0 unspecified atom stereocenters. The minimum atomic E-state index is -0.214. The first-order chi connectivity index (χ1) is 12.2. The number of carbonyl (C=O) groups excluding carboxylic acids is 1. The Balaban J connectivity index is 0.000000244. The zero-order chi connectivity index (χ0) is 20.5. The molecule has 150 valence electrons. The van der Waals surface area contributed by atoms with E-state index in [0.717, 1.165) is 12.3 Å². The summed E-state index contributed by atoms with van der Waals surface area (Å²) in [6.07, 6.45) is 1.69. The Morgan fingerprint density at radius 2 is 1.56 bits per heavy atom. The number of ketones is 1. The van der Waals surface area contributed by atoms with E-state index in [4.69, 9.17) is 4.74 Å². The van der Waals surface area contributed by atoms with Crippen LogP contribution in [0.15, 0.2) is 42.1 Å². The number of hydrogen-bond donors (Lipinski definition) is 3. The van der Waals surface area contributed by atoms with E-state index in [1.54, 1.807) is 6.08 Å². The highest BCUT2D eigenvalue weighted by Crippen LogP contribution is 2.26. The second-order valence-electron chi connectivity index (χ2n) is 9.60. The van der Waals surface area contributed by atoms with Gasteiger partial charge in [0.15, 0.2) is 5.78 Å². The Bertz CT molecular complexity index is 690. The Hall–Kier alpha value is -1.69. The summed E-state index contributed by atoms with van der Waals surface area (Å²) in [6, 6.07) is 9.33. The first-order valence-electron chi connectivity index (χ1n) is 9.54. The Kier molecular flexibility index (Phi) is 5.91. The van der Waals surface area contributed by atoms with Crippen molar-refractivity contribution < 1.29 is 9.53 Å². The molecule has 2 fully saturated rings. The molecular weight excluding hydrogens is 338 g/mol. The smallest absolute Gasteiger partial charge is 0.187 e. The summed E-state index contributed by atoms with van der Waals surface area (Å²) in [5.74, 6) is 0.0330. The number of nitrogens with one attached hydrogen (secondary N) is 3. The predicted octanol–water partition coefficient (Wildman–Crippen LogP) is 3.58. The first kappa shape index (κ1) is 21.6. The number of carbonyl (C=O) groups is 1. The van der Waals surface area contributed by atoms with Gasteiger partial charge in [-0.25, -0.2) is 0 Å². The van der Waals surface area contributed by atoms with E-state index in [-0.39, 0.29) is 28.2 Å². The minimum absolute atomic E-state index is 0.0330. The van der Waals surface area contributed by atoms with E-state index < -0.39 is 0 Å². The molecule has 2 saturated heterocycles. The van der Waals surface area contributed by atoms with Gasteiger partial charge in [-0.05, 0) is 55.4 Å². The van der Waals surface area contributed by atoms with Crippen molar-refractivity contribution in [3.63, 3.8) is 0 Å². The monoisotopic (exact) mass is 373 g/mol. The lowest BCUT2D eigenvalue weighted by molar-refractivity contribution is 0.0228. The molecule has 5 heteroatoms. The van der Waals surface area contributed by atoms with E-state index >= 15 is 0 Å². The molecule has 0 aliphatic carbocycles. The average Bonchev–Trinajstić information content (AvgIpc) is 2.89. The van der Waals surface area contributed by atoms with Gasteiger partial charge in [-0.1, -0.05) is 30.3 Å². The van der Waals surface area contributed by atoms with Gasteiger partial charge in [0, 0.05) is 22.9 Å². The maximum atomic E-state index is 12.2. The topological polar surface area (TPSA) is 62.4 Å². The van der Waals surface area contributed by atoms with Crippen LogP contribution in [0.2, 0.25) is 0 Å². The summed E-state index contributed by atoms with van der Waals surface area (Å²) in [5, 5.41) is 10.1. The fraction of sp³-hybridized carbons (Fsp3) is 0.591. The summed E-state index contributed by atoms with van der Waals surface area (Å²) in [6.45, 7) is 17.4. The van der Waals surface area contributed by atoms with Gasteiger partial charge < -0.3 is 10.1 Å². The van der Waals surface area contributed by atoms with Crippen LogP contribution in [-0.4, -0.2) is 34.9 Å². The van der Waals surface area contributed by atoms with Crippen molar-refractivity contribution >= 4 is 5.78 Å². The molecule has 0 spiro atoms. The Labute approximate surface area is 163 Å². The number of ether oxygens (including phenoxy) is 1. The highest BCUT2D eigenvalue weighted by atomic mass is 16.5. The molecule has 27 heavy (non-hydrogen) atoms. The third kappa shape index (κ3) is 6.16. The average molecular weight is 374 g/mol. The second-order valence-corrected chi connectivity index (χ2v) is 9.60. The van der Waals surface area contributed by atoms with Crippen molar-refractivity contribution in [2.75, 3.05) is 6.61 Å². The molecule has 1 aromatic carbocycles. The van der Waals surface area contributed by atoms with E-state index in [1.807, 2.05) is 44.2 Å². The van der Waals surface area contributed by atoms with Gasteiger partial charge in [0.1, 0.15) is 5.72 Å². The van der Waals surface area contributed by atoms with Crippen LogP contribution < -0.4 is 16.0 Å². The van der Waals surface area contributed by atoms with Crippen LogP contribution in [0.1, 0.15) is 65.7 Å². The molecule has 0 radical (unpaired) electrons. The van der Waals surface area contributed by atoms with Crippen molar-refractivity contribution in [2.24, 2.45) is 0 Å². The van der Waals surface area contributed by atoms with E-state index in [2.05, 4.69) is 57.5 Å². The lowest BCUT2D eigenvalue weighted by Gasteiger charge is -2.22. The standard InChI is InChI=1S/C15H20N2O.C7H15NO/c1-14(2)13(16-15(3,4)17-14)10-12(18)11-8-6-5-7-9-11;1-6(2)5-9-7(3,4)8-6/h5-10,16-17H,1-4H3;8H,5H2,1-4H3/b13-10+;. The summed E-state index contributed by atoms with van der Waals surface area (Å²) >= 11 is 0. The lowest BCUT2D eigenvalue weighted by atomic mass is 10.00. The maximum Gasteiger partial charge on any atom is 0.187 e. The molecule has 2 aliphatic heterocycles. The number of benzene rings is 1. The van der Waals surface area contributed by atoms with Gasteiger partial charge in [0.2, 0.25) is 0 Å². The third-order valence-electron chi connectivity index (χ3n) is 4.51. The zero-order valence-corrected chi connectivity index (χ0v) is 18.0. The van der Waals surface area contributed by atoms with Crippen LogP contribution in [0.4, 0.5) is 0 Å². The van der Waals surface area contributed by atoms with Crippen LogP contribution in [0.25, 0.3) is 0 Å². The van der Waals surface area contributed by atoms with Gasteiger partial charge >= 0.3 is 0 Å². The van der Waals surface area contributed by atoms with Crippen molar-refractivity contribution in [1.82, 2.24) is 16.0 Å². The molecule has 2 heterocycles. The zero-order valence-electron chi connectivity index (χ0n) is 18.0. The fourth-order valence-corrected chi connectivity index (χ4v) is 3.65. The maximum absolute atomic E-state index is 12.2. The molecule has 0 saturated carbocycles. The number of rotatable bonds is 2. The van der Waals surface area contributed by atoms with Crippen molar-refractivity contribution in [2.45, 2.75) is 77.9 Å². The molecular formula is C22H35N3O2. The molecule has 0 aromatic heterocycles. The quantitative estimate of drug-likeness (QED) is 0.546. The Morgan fingerprint density at radius 1 is 0.963 bits per heavy atom. The number of allylic oxidation sites excluding steroid dienone is 1. The van der Waals surface area contributed by atoms with E-state index in [1.165, 1.54) is 0 Å². The van der Waals surface area contributed by atoms with Crippen molar-refractivity contribution in [1.29, 1.82) is 0 Å². The van der Waals surface area contributed by atoms with Crippen molar-refractivity contribution in [3.8, 4) is 0 Å². The Morgan fingerprint density at radius 3 is 1.93 bits per heavy atom. The van der Waals surface area contributed by atoms with E-state index in [0.29, 0.717) is 5.56 Å². The van der Waals surface area contributed by atoms with Gasteiger partial charge in [-0.2, -0.15) is 0 Å². The van der Waals surface area contributed by atoms with Gasteiger partial charge in [-0.15, -0.1) is 0 Å². The van der Waals surface area contributed by atoms with Crippen molar-refractivity contribution in [3.05, 3.63) is 47.7 Å². The molecule has 0 atom stereocenters. The van der Waals surface area contributed by atoms with Crippen LogP contribution in [0.5, 0.6) is 0 Å². The third-order valence-corrected chi connectivity index (χ3v) is 4.51. The molecule has 2 aliphatic rings. The second kappa shape index (κ2) is 7.38. The summed E-state index contributed by atoms with van der Waals surface area (Å²) in [4.78, 5) is 12.2.